The Bertz CT molecular complexity index is 1090. The van der Waals surface area contributed by atoms with E-state index in [0.717, 1.165) is 33.6 Å². The van der Waals surface area contributed by atoms with Crippen LogP contribution in [0.15, 0.2) is 66.7 Å². The average Bonchev–Trinajstić information content (AvgIpc) is 3.09. The molecule has 1 fully saturated rings. The van der Waals surface area contributed by atoms with Crippen LogP contribution in [0, 0.1) is 20.8 Å². The quantitative estimate of drug-likeness (QED) is 0.598. The van der Waals surface area contributed by atoms with Crippen LogP contribution >= 0.6 is 11.8 Å². The van der Waals surface area contributed by atoms with Gasteiger partial charge in [-0.2, -0.15) is 0 Å². The van der Waals surface area contributed by atoms with E-state index in [1.54, 1.807) is 11.8 Å². The van der Waals surface area contributed by atoms with Crippen molar-refractivity contribution in [1.82, 2.24) is 0 Å². The van der Waals surface area contributed by atoms with Gasteiger partial charge in [0.2, 0.25) is 5.91 Å². The van der Waals surface area contributed by atoms with Crippen molar-refractivity contribution in [3.05, 3.63) is 94.5 Å². The number of anilines is 2. The Morgan fingerprint density at radius 1 is 0.933 bits per heavy atom. The van der Waals surface area contributed by atoms with Crippen molar-refractivity contribution in [2.24, 2.45) is 0 Å². The zero-order valence-electron chi connectivity index (χ0n) is 17.3. The van der Waals surface area contributed by atoms with E-state index >= 15 is 0 Å². The molecule has 4 rings (SSSR count). The molecule has 0 unspecified atom stereocenters. The van der Waals surface area contributed by atoms with Gasteiger partial charge in [0.25, 0.3) is 5.91 Å². The summed E-state index contributed by atoms with van der Waals surface area (Å²) in [5.41, 5.74) is 6.63. The molecule has 3 aromatic carbocycles. The van der Waals surface area contributed by atoms with Gasteiger partial charge in [0, 0.05) is 16.9 Å². The first-order chi connectivity index (χ1) is 14.4. The van der Waals surface area contributed by atoms with Crippen LogP contribution in [0.25, 0.3) is 0 Å². The summed E-state index contributed by atoms with van der Waals surface area (Å²) in [6.45, 7) is 6.08. The highest BCUT2D eigenvalue weighted by molar-refractivity contribution is 8.00. The summed E-state index contributed by atoms with van der Waals surface area (Å²) in [5.74, 6) is 0.398. The molecule has 0 aliphatic carbocycles. The van der Waals surface area contributed by atoms with E-state index in [4.69, 9.17) is 0 Å². The number of rotatable bonds is 4. The van der Waals surface area contributed by atoms with E-state index in [1.165, 1.54) is 0 Å². The van der Waals surface area contributed by atoms with Gasteiger partial charge in [-0.15, -0.1) is 11.8 Å². The van der Waals surface area contributed by atoms with Crippen molar-refractivity contribution in [1.29, 1.82) is 0 Å². The lowest BCUT2D eigenvalue weighted by Crippen LogP contribution is -2.28. The second-order valence-electron chi connectivity index (χ2n) is 7.72. The fraction of sp³-hybridized carbons (Fsp3) is 0.200. The molecule has 1 aliphatic heterocycles. The number of carbonyl (C=O) groups is 2. The molecular weight excluding hydrogens is 392 g/mol. The number of hydrogen-bond donors (Lipinski definition) is 1. The van der Waals surface area contributed by atoms with E-state index < -0.39 is 0 Å². The molecule has 0 saturated carbocycles. The highest BCUT2D eigenvalue weighted by atomic mass is 32.2. The third-order valence-electron chi connectivity index (χ3n) is 5.10. The van der Waals surface area contributed by atoms with Crippen molar-refractivity contribution in [3.63, 3.8) is 0 Å². The maximum Gasteiger partial charge on any atom is 0.255 e. The van der Waals surface area contributed by atoms with Crippen LogP contribution < -0.4 is 10.2 Å². The smallest absolute Gasteiger partial charge is 0.255 e. The van der Waals surface area contributed by atoms with E-state index in [0.29, 0.717) is 11.3 Å². The normalized spacial score (nSPS) is 16.0. The second-order valence-corrected chi connectivity index (χ2v) is 8.79. The zero-order valence-corrected chi connectivity index (χ0v) is 18.1. The van der Waals surface area contributed by atoms with Crippen LogP contribution in [0.3, 0.4) is 0 Å². The number of hydrogen-bond acceptors (Lipinski definition) is 3. The number of carbonyl (C=O) groups excluding carboxylic acids is 2. The number of aryl methyl sites for hydroxylation is 3. The average molecular weight is 417 g/mol. The molecule has 0 aromatic heterocycles. The van der Waals surface area contributed by atoms with Crippen molar-refractivity contribution in [2.45, 2.75) is 26.1 Å². The first-order valence-corrected chi connectivity index (χ1v) is 11.0. The van der Waals surface area contributed by atoms with E-state index in [-0.39, 0.29) is 17.2 Å². The Morgan fingerprint density at radius 3 is 2.33 bits per heavy atom. The van der Waals surface area contributed by atoms with E-state index in [2.05, 4.69) is 11.4 Å². The molecular formula is C25H24N2O2S. The molecule has 3 aromatic rings. The van der Waals surface area contributed by atoms with Gasteiger partial charge in [-0.25, -0.2) is 0 Å². The van der Waals surface area contributed by atoms with Gasteiger partial charge < -0.3 is 5.32 Å². The van der Waals surface area contributed by atoms with Crippen LogP contribution in [0.2, 0.25) is 0 Å². The molecule has 5 heteroatoms. The minimum absolute atomic E-state index is 0.101. The van der Waals surface area contributed by atoms with Crippen LogP contribution in [-0.2, 0) is 4.79 Å². The molecule has 1 saturated heterocycles. The van der Waals surface area contributed by atoms with Crippen molar-refractivity contribution >= 4 is 35.0 Å². The van der Waals surface area contributed by atoms with Gasteiger partial charge in [0.1, 0.15) is 5.37 Å². The topological polar surface area (TPSA) is 49.4 Å². The lowest BCUT2D eigenvalue weighted by Gasteiger charge is -2.25. The van der Waals surface area contributed by atoms with Crippen molar-refractivity contribution in [2.75, 3.05) is 16.0 Å². The maximum absolute atomic E-state index is 12.7. The lowest BCUT2D eigenvalue weighted by atomic mass is 10.1. The number of thioether (sulfide) groups is 1. The Labute approximate surface area is 181 Å². The number of nitrogens with one attached hydrogen (secondary N) is 1. The summed E-state index contributed by atoms with van der Waals surface area (Å²) < 4.78 is 0. The summed E-state index contributed by atoms with van der Waals surface area (Å²) in [4.78, 5) is 27.1. The highest BCUT2D eigenvalue weighted by Crippen LogP contribution is 2.42. The fourth-order valence-electron chi connectivity index (χ4n) is 3.72. The number of nitrogens with zero attached hydrogens (tertiary/aromatic N) is 1. The van der Waals surface area contributed by atoms with Crippen LogP contribution in [-0.4, -0.2) is 17.6 Å². The van der Waals surface area contributed by atoms with Gasteiger partial charge in [-0.05, 0) is 73.9 Å². The largest absolute Gasteiger partial charge is 0.322 e. The van der Waals surface area contributed by atoms with Gasteiger partial charge >= 0.3 is 0 Å². The van der Waals surface area contributed by atoms with Crippen LogP contribution in [0.5, 0.6) is 0 Å². The molecule has 30 heavy (non-hydrogen) atoms. The highest BCUT2D eigenvalue weighted by Gasteiger charge is 2.34. The molecule has 0 bridgehead atoms. The standard InChI is InChI=1S/C25H24N2O2S/c1-16-7-9-19(10-8-16)24(29)26-21-6-4-5-20(14-21)25-27(23(28)15-30-25)22-12-17(2)11-18(3)13-22/h4-14,25H,15H2,1-3H3,(H,26,29)/t25-/m0/s1. The third-order valence-corrected chi connectivity index (χ3v) is 6.31. The Morgan fingerprint density at radius 2 is 1.63 bits per heavy atom. The number of benzene rings is 3. The molecule has 2 amide bonds. The predicted molar refractivity (Wildman–Crippen MR) is 124 cm³/mol. The van der Waals surface area contributed by atoms with Crippen LogP contribution in [0.1, 0.15) is 38.0 Å². The molecule has 4 nitrogen and oxygen atoms in total. The molecule has 1 aliphatic rings. The molecule has 0 spiro atoms. The predicted octanol–water partition coefficient (Wildman–Crippen LogP) is 5.64. The summed E-state index contributed by atoms with van der Waals surface area (Å²) in [7, 11) is 0. The summed E-state index contributed by atoms with van der Waals surface area (Å²) in [5, 5.41) is 2.86. The van der Waals surface area contributed by atoms with Gasteiger partial charge in [0.15, 0.2) is 0 Å². The van der Waals surface area contributed by atoms with Gasteiger partial charge in [0.05, 0.1) is 5.75 Å². The van der Waals surface area contributed by atoms with E-state index in [9.17, 15) is 9.59 Å². The summed E-state index contributed by atoms with van der Waals surface area (Å²) >= 11 is 1.61. The summed E-state index contributed by atoms with van der Waals surface area (Å²) in [6.07, 6.45) is 0. The minimum atomic E-state index is -0.145. The van der Waals surface area contributed by atoms with Gasteiger partial charge in [-0.3, -0.25) is 14.5 Å². The number of amides is 2. The Hall–Kier alpha value is -3.05. The Balaban J connectivity index is 1.60. The minimum Gasteiger partial charge on any atom is -0.322 e. The monoisotopic (exact) mass is 416 g/mol. The first kappa shape index (κ1) is 20.2. The van der Waals surface area contributed by atoms with Crippen molar-refractivity contribution in [3.8, 4) is 0 Å². The molecule has 0 radical (unpaired) electrons. The zero-order chi connectivity index (χ0) is 21.3. The summed E-state index contributed by atoms with van der Waals surface area (Å²) in [6, 6.07) is 21.4. The molecule has 1 heterocycles. The second kappa shape index (κ2) is 8.36. The molecule has 1 N–H and O–H groups in total. The Kier molecular flexibility index (Phi) is 5.64. The molecule has 1 atom stereocenters. The first-order valence-electron chi connectivity index (χ1n) is 9.91. The van der Waals surface area contributed by atoms with Gasteiger partial charge in [-0.1, -0.05) is 35.9 Å². The van der Waals surface area contributed by atoms with E-state index in [1.807, 2.05) is 86.3 Å². The maximum atomic E-state index is 12.7. The molecule has 152 valence electrons. The fourth-order valence-corrected chi connectivity index (χ4v) is 4.88. The van der Waals surface area contributed by atoms with Crippen LogP contribution in [0.4, 0.5) is 11.4 Å². The SMILES string of the molecule is Cc1ccc(C(=O)Nc2cccc([C@@H]3SCC(=O)N3c3cc(C)cc(C)c3)c2)cc1. The van der Waals surface area contributed by atoms with Crippen molar-refractivity contribution < 1.29 is 9.59 Å². The third kappa shape index (κ3) is 4.26. The lowest BCUT2D eigenvalue weighted by molar-refractivity contribution is -0.115.